The second-order valence-corrected chi connectivity index (χ2v) is 6.37. The Kier molecular flexibility index (Phi) is 3.29. The molecule has 3 rings (SSSR count). The number of para-hydroxylation sites is 1. The molecular formula is C13H8BrIN2S. The van der Waals surface area contributed by atoms with Crippen LogP contribution in [0.1, 0.15) is 0 Å². The van der Waals surface area contributed by atoms with E-state index in [1.807, 2.05) is 28.8 Å². The lowest BCUT2D eigenvalue weighted by molar-refractivity contribution is 1.06. The number of nitrogens with one attached hydrogen (secondary N) is 1. The summed E-state index contributed by atoms with van der Waals surface area (Å²) < 4.78 is 4.97. The average molecular weight is 431 g/mol. The maximum atomic E-state index is 5.42. The predicted octanol–water partition coefficient (Wildman–Crippen LogP) is 5.06. The Hall–Kier alpha value is -0.660. The second kappa shape index (κ2) is 4.79. The van der Waals surface area contributed by atoms with Gasteiger partial charge in [-0.3, -0.25) is 4.57 Å². The quantitative estimate of drug-likeness (QED) is 0.423. The van der Waals surface area contributed by atoms with E-state index in [4.69, 9.17) is 12.2 Å². The molecule has 0 unspecified atom stereocenters. The van der Waals surface area contributed by atoms with Crippen molar-refractivity contribution in [1.82, 2.24) is 9.55 Å². The van der Waals surface area contributed by atoms with Crippen LogP contribution in [0.2, 0.25) is 0 Å². The van der Waals surface area contributed by atoms with Gasteiger partial charge >= 0.3 is 0 Å². The first kappa shape index (κ1) is 12.4. The molecule has 0 atom stereocenters. The van der Waals surface area contributed by atoms with Crippen LogP contribution in [0.4, 0.5) is 0 Å². The third kappa shape index (κ3) is 2.04. The topological polar surface area (TPSA) is 20.7 Å². The summed E-state index contributed by atoms with van der Waals surface area (Å²) in [6.07, 6.45) is 0. The van der Waals surface area contributed by atoms with Crippen molar-refractivity contribution in [3.63, 3.8) is 0 Å². The SMILES string of the molecule is S=c1[nH]c2cc(I)ccc2n1-c1ccccc1Br. The minimum Gasteiger partial charge on any atom is -0.330 e. The Morgan fingerprint density at radius 3 is 2.72 bits per heavy atom. The van der Waals surface area contributed by atoms with Gasteiger partial charge in [-0.25, -0.2) is 0 Å². The summed E-state index contributed by atoms with van der Waals surface area (Å²) in [6.45, 7) is 0. The van der Waals surface area contributed by atoms with Gasteiger partial charge in [0.05, 0.1) is 16.7 Å². The van der Waals surface area contributed by atoms with Gasteiger partial charge in [0.25, 0.3) is 0 Å². The van der Waals surface area contributed by atoms with Crippen molar-refractivity contribution in [1.29, 1.82) is 0 Å². The van der Waals surface area contributed by atoms with Crippen LogP contribution in [0.25, 0.3) is 16.7 Å². The molecule has 0 bridgehead atoms. The van der Waals surface area contributed by atoms with Crippen molar-refractivity contribution in [2.75, 3.05) is 0 Å². The van der Waals surface area contributed by atoms with Gasteiger partial charge in [0.15, 0.2) is 4.77 Å². The maximum absolute atomic E-state index is 5.42. The van der Waals surface area contributed by atoms with Gasteiger partial charge in [0, 0.05) is 8.04 Å². The number of aromatic amines is 1. The molecule has 0 aliphatic carbocycles. The smallest absolute Gasteiger partial charge is 0.182 e. The number of imidazole rings is 1. The van der Waals surface area contributed by atoms with Crippen LogP contribution in [0, 0.1) is 8.34 Å². The van der Waals surface area contributed by atoms with Crippen molar-refractivity contribution in [3.05, 3.63) is 55.3 Å². The molecule has 2 nitrogen and oxygen atoms in total. The highest BCUT2D eigenvalue weighted by Gasteiger charge is 2.08. The molecule has 0 aliphatic rings. The lowest BCUT2D eigenvalue weighted by Gasteiger charge is -2.06. The normalized spacial score (nSPS) is 11.0. The summed E-state index contributed by atoms with van der Waals surface area (Å²) in [7, 11) is 0. The van der Waals surface area contributed by atoms with Crippen molar-refractivity contribution in [2.24, 2.45) is 0 Å². The van der Waals surface area contributed by atoms with E-state index in [-0.39, 0.29) is 0 Å². The number of H-pyrrole nitrogens is 1. The summed E-state index contributed by atoms with van der Waals surface area (Å²) >= 11 is 11.3. The van der Waals surface area contributed by atoms with Crippen LogP contribution in [0.15, 0.2) is 46.9 Å². The van der Waals surface area contributed by atoms with E-state index in [0.29, 0.717) is 4.77 Å². The third-order valence-corrected chi connectivity index (χ3v) is 4.36. The van der Waals surface area contributed by atoms with Crippen molar-refractivity contribution in [3.8, 4) is 5.69 Å². The molecular weight excluding hydrogens is 423 g/mol. The number of benzene rings is 2. The zero-order valence-corrected chi connectivity index (χ0v) is 13.7. The van der Waals surface area contributed by atoms with Crippen molar-refractivity contribution < 1.29 is 0 Å². The van der Waals surface area contributed by atoms with Crippen LogP contribution in [-0.4, -0.2) is 9.55 Å². The van der Waals surface area contributed by atoms with Gasteiger partial charge in [-0.1, -0.05) is 12.1 Å². The van der Waals surface area contributed by atoms with E-state index < -0.39 is 0 Å². The molecule has 0 saturated heterocycles. The molecule has 90 valence electrons. The number of rotatable bonds is 1. The van der Waals surface area contributed by atoms with Gasteiger partial charge in [-0.15, -0.1) is 0 Å². The summed E-state index contributed by atoms with van der Waals surface area (Å²) in [5, 5.41) is 0. The Balaban J connectivity index is 2.40. The third-order valence-electron chi connectivity index (χ3n) is 2.74. The van der Waals surface area contributed by atoms with Gasteiger partial charge in [0.1, 0.15) is 0 Å². The molecule has 1 heterocycles. The fourth-order valence-electron chi connectivity index (χ4n) is 1.96. The minimum absolute atomic E-state index is 0.707. The fourth-order valence-corrected chi connectivity index (χ4v) is 3.22. The van der Waals surface area contributed by atoms with Gasteiger partial charge in [-0.2, -0.15) is 0 Å². The van der Waals surface area contributed by atoms with Gasteiger partial charge in [0.2, 0.25) is 0 Å². The Labute approximate surface area is 131 Å². The van der Waals surface area contributed by atoms with Gasteiger partial charge in [-0.05, 0) is 81.1 Å². The van der Waals surface area contributed by atoms with E-state index in [1.165, 1.54) is 3.57 Å². The molecule has 0 saturated carbocycles. The lowest BCUT2D eigenvalue weighted by Crippen LogP contribution is -1.94. The molecule has 0 aliphatic heterocycles. The first-order chi connectivity index (χ1) is 8.66. The first-order valence-corrected chi connectivity index (χ1v) is 7.60. The summed E-state index contributed by atoms with van der Waals surface area (Å²) in [5.74, 6) is 0. The number of halogens is 2. The molecule has 0 radical (unpaired) electrons. The van der Waals surface area contributed by atoms with Crippen LogP contribution in [0.5, 0.6) is 0 Å². The molecule has 0 spiro atoms. The Morgan fingerprint density at radius 1 is 1.17 bits per heavy atom. The largest absolute Gasteiger partial charge is 0.330 e. The average Bonchev–Trinajstić information content (AvgIpc) is 2.65. The number of nitrogens with zero attached hydrogens (tertiary/aromatic N) is 1. The molecule has 2 aromatic carbocycles. The van der Waals surface area contributed by atoms with E-state index in [0.717, 1.165) is 21.2 Å². The predicted molar refractivity (Wildman–Crippen MR) is 88.9 cm³/mol. The molecule has 1 N–H and O–H groups in total. The van der Waals surface area contributed by atoms with Crippen LogP contribution < -0.4 is 0 Å². The Morgan fingerprint density at radius 2 is 1.94 bits per heavy atom. The summed E-state index contributed by atoms with van der Waals surface area (Å²) in [4.78, 5) is 3.25. The van der Waals surface area contributed by atoms with Gasteiger partial charge < -0.3 is 4.98 Å². The highest BCUT2D eigenvalue weighted by molar-refractivity contribution is 14.1. The van der Waals surface area contributed by atoms with E-state index >= 15 is 0 Å². The van der Waals surface area contributed by atoms with Crippen LogP contribution >= 0.6 is 50.7 Å². The molecule has 0 amide bonds. The summed E-state index contributed by atoms with van der Waals surface area (Å²) in [5.41, 5.74) is 3.20. The maximum Gasteiger partial charge on any atom is 0.182 e. The molecule has 18 heavy (non-hydrogen) atoms. The zero-order valence-electron chi connectivity index (χ0n) is 9.15. The lowest BCUT2D eigenvalue weighted by atomic mass is 10.3. The highest BCUT2D eigenvalue weighted by Crippen LogP contribution is 2.26. The molecule has 1 aromatic heterocycles. The fraction of sp³-hybridized carbons (Fsp3) is 0. The molecule has 3 aromatic rings. The Bertz CT molecular complexity index is 791. The van der Waals surface area contributed by atoms with E-state index in [9.17, 15) is 0 Å². The minimum atomic E-state index is 0.707. The van der Waals surface area contributed by atoms with Crippen LogP contribution in [-0.2, 0) is 0 Å². The second-order valence-electron chi connectivity index (χ2n) is 3.88. The zero-order chi connectivity index (χ0) is 12.7. The van der Waals surface area contributed by atoms with Crippen molar-refractivity contribution >= 4 is 61.8 Å². The van der Waals surface area contributed by atoms with E-state index in [2.05, 4.69) is 61.7 Å². The monoisotopic (exact) mass is 430 g/mol. The number of hydrogen-bond acceptors (Lipinski definition) is 1. The highest BCUT2D eigenvalue weighted by atomic mass is 127. The summed E-state index contributed by atoms with van der Waals surface area (Å²) in [6, 6.07) is 14.3. The first-order valence-electron chi connectivity index (χ1n) is 5.32. The van der Waals surface area contributed by atoms with E-state index in [1.54, 1.807) is 0 Å². The number of hydrogen-bond donors (Lipinski definition) is 1. The van der Waals surface area contributed by atoms with Crippen LogP contribution in [0.3, 0.4) is 0 Å². The number of fused-ring (bicyclic) bond motifs is 1. The standard InChI is InChI=1S/C13H8BrIN2S/c14-9-3-1-2-4-11(9)17-12-6-5-8(15)7-10(12)16-13(17)18/h1-7H,(H,16,18). The molecule has 0 fully saturated rings. The van der Waals surface area contributed by atoms with Crippen molar-refractivity contribution in [2.45, 2.75) is 0 Å². The number of aromatic nitrogens is 2. The molecule has 5 heteroatoms.